The Morgan fingerprint density at radius 2 is 2.00 bits per heavy atom. The van der Waals surface area contributed by atoms with Gasteiger partial charge in [0.1, 0.15) is 17.3 Å². The number of benzene rings is 1. The van der Waals surface area contributed by atoms with E-state index in [1.165, 1.54) is 38.2 Å². The van der Waals surface area contributed by atoms with Gasteiger partial charge in [0.2, 0.25) is 0 Å². The first kappa shape index (κ1) is 17.0. The molecule has 0 amide bonds. The van der Waals surface area contributed by atoms with Crippen LogP contribution in [0.4, 0.5) is 4.39 Å². The number of halogens is 1. The Balaban J connectivity index is 2.35. The van der Waals surface area contributed by atoms with Crippen molar-refractivity contribution in [3.05, 3.63) is 29.6 Å². The number of carbonyl (C=O) groups is 1. The smallest absolute Gasteiger partial charge is 0.130 e. The van der Waals surface area contributed by atoms with Crippen molar-refractivity contribution in [3.8, 4) is 5.75 Å². The number of hydrogen-bond acceptors (Lipinski definition) is 2. The lowest BCUT2D eigenvalue weighted by molar-refractivity contribution is -0.118. The highest BCUT2D eigenvalue weighted by Gasteiger charge is 2.34. The summed E-state index contributed by atoms with van der Waals surface area (Å²) in [7, 11) is 1.60. The minimum atomic E-state index is -0.360. The standard InChI is InChI=1S/C19H27FO2/c1-14(21)12-19(2,13-15-7-5-4-6-8-15)17-11-16(20)9-10-18(17)22-3/h9-11,15H,4-8,12-13H2,1-3H3. The zero-order valence-corrected chi connectivity index (χ0v) is 14.0. The summed E-state index contributed by atoms with van der Waals surface area (Å²) in [6.45, 7) is 3.70. The molecule has 22 heavy (non-hydrogen) atoms. The molecule has 2 rings (SSSR count). The van der Waals surface area contributed by atoms with Crippen LogP contribution in [0.15, 0.2) is 18.2 Å². The maximum absolute atomic E-state index is 13.8. The maximum atomic E-state index is 13.8. The van der Waals surface area contributed by atoms with Crippen LogP contribution in [0, 0.1) is 11.7 Å². The first-order valence-corrected chi connectivity index (χ1v) is 8.28. The molecule has 0 aliphatic heterocycles. The minimum Gasteiger partial charge on any atom is -0.496 e. The molecule has 1 unspecified atom stereocenters. The van der Waals surface area contributed by atoms with Crippen molar-refractivity contribution in [2.45, 2.75) is 64.2 Å². The lowest BCUT2D eigenvalue weighted by Gasteiger charge is -2.35. The molecular weight excluding hydrogens is 279 g/mol. The number of ketones is 1. The van der Waals surface area contributed by atoms with E-state index in [0.717, 1.165) is 12.0 Å². The third kappa shape index (κ3) is 4.08. The van der Waals surface area contributed by atoms with Gasteiger partial charge in [0, 0.05) is 17.4 Å². The second kappa shape index (κ2) is 7.26. The summed E-state index contributed by atoms with van der Waals surface area (Å²) in [5.74, 6) is 1.17. The Hall–Kier alpha value is -1.38. The van der Waals surface area contributed by atoms with Crippen LogP contribution in [-0.4, -0.2) is 12.9 Å². The summed E-state index contributed by atoms with van der Waals surface area (Å²) >= 11 is 0. The van der Waals surface area contributed by atoms with E-state index in [9.17, 15) is 9.18 Å². The number of Topliss-reactive ketones (excluding diaryl/α,β-unsaturated/α-hetero) is 1. The van der Waals surface area contributed by atoms with E-state index in [2.05, 4.69) is 6.92 Å². The summed E-state index contributed by atoms with van der Waals surface area (Å²) in [5, 5.41) is 0. The van der Waals surface area contributed by atoms with Gasteiger partial charge in [0.25, 0.3) is 0 Å². The molecule has 1 aromatic carbocycles. The van der Waals surface area contributed by atoms with E-state index < -0.39 is 0 Å². The van der Waals surface area contributed by atoms with Gasteiger partial charge in [-0.1, -0.05) is 39.0 Å². The molecule has 1 aromatic rings. The van der Waals surface area contributed by atoms with E-state index >= 15 is 0 Å². The molecule has 0 saturated heterocycles. The molecule has 0 N–H and O–H groups in total. The fourth-order valence-corrected chi connectivity index (χ4v) is 4.01. The van der Waals surface area contributed by atoms with Gasteiger partial charge in [-0.3, -0.25) is 4.79 Å². The molecule has 0 bridgehead atoms. The zero-order chi connectivity index (χ0) is 16.2. The molecule has 1 saturated carbocycles. The largest absolute Gasteiger partial charge is 0.496 e. The number of methoxy groups -OCH3 is 1. The Bertz CT molecular complexity index is 520. The molecule has 0 aromatic heterocycles. The molecule has 122 valence electrons. The van der Waals surface area contributed by atoms with Crippen molar-refractivity contribution in [1.82, 2.24) is 0 Å². The summed E-state index contributed by atoms with van der Waals surface area (Å²) in [4.78, 5) is 11.8. The number of carbonyl (C=O) groups excluding carboxylic acids is 1. The SMILES string of the molecule is COc1ccc(F)cc1C(C)(CC(C)=O)CC1CCCCC1. The second-order valence-electron chi connectivity index (χ2n) is 6.99. The van der Waals surface area contributed by atoms with Gasteiger partial charge >= 0.3 is 0 Å². The normalized spacial score (nSPS) is 18.7. The molecule has 1 aliphatic rings. The molecule has 1 atom stereocenters. The molecule has 1 fully saturated rings. The van der Waals surface area contributed by atoms with Crippen LogP contribution >= 0.6 is 0 Å². The lowest BCUT2D eigenvalue weighted by atomic mass is 9.69. The summed E-state index contributed by atoms with van der Waals surface area (Å²) in [5.41, 5.74) is 0.470. The summed E-state index contributed by atoms with van der Waals surface area (Å²) in [6.07, 6.45) is 7.62. The van der Waals surface area contributed by atoms with Gasteiger partial charge in [-0.05, 0) is 37.5 Å². The number of ether oxygens (including phenoxy) is 1. The molecule has 2 nitrogen and oxygen atoms in total. The van der Waals surface area contributed by atoms with Crippen LogP contribution in [0.25, 0.3) is 0 Å². The van der Waals surface area contributed by atoms with E-state index in [-0.39, 0.29) is 17.0 Å². The third-order valence-corrected chi connectivity index (χ3v) is 4.91. The molecule has 0 spiro atoms. The van der Waals surface area contributed by atoms with E-state index in [1.54, 1.807) is 26.2 Å². The fraction of sp³-hybridized carbons (Fsp3) is 0.632. The Morgan fingerprint density at radius 1 is 1.32 bits per heavy atom. The molecule has 0 radical (unpaired) electrons. The van der Waals surface area contributed by atoms with Crippen LogP contribution < -0.4 is 4.74 Å². The highest BCUT2D eigenvalue weighted by atomic mass is 19.1. The fourth-order valence-electron chi connectivity index (χ4n) is 4.01. The number of hydrogen-bond donors (Lipinski definition) is 0. The monoisotopic (exact) mass is 306 g/mol. The van der Waals surface area contributed by atoms with Crippen molar-refractivity contribution < 1.29 is 13.9 Å². The van der Waals surface area contributed by atoms with Crippen LogP contribution in [0.5, 0.6) is 5.75 Å². The van der Waals surface area contributed by atoms with Crippen molar-refractivity contribution in [1.29, 1.82) is 0 Å². The average Bonchev–Trinajstić information content (AvgIpc) is 2.47. The van der Waals surface area contributed by atoms with E-state index in [4.69, 9.17) is 4.74 Å². The molecule has 0 heterocycles. The second-order valence-corrected chi connectivity index (χ2v) is 6.99. The van der Waals surface area contributed by atoms with E-state index in [0.29, 0.717) is 18.1 Å². The van der Waals surface area contributed by atoms with E-state index in [1.807, 2.05) is 0 Å². The average molecular weight is 306 g/mol. The highest BCUT2D eigenvalue weighted by molar-refractivity contribution is 5.77. The van der Waals surface area contributed by atoms with Crippen molar-refractivity contribution in [2.75, 3.05) is 7.11 Å². The van der Waals surface area contributed by atoms with Crippen molar-refractivity contribution in [3.63, 3.8) is 0 Å². The Labute approximate surface area is 133 Å². The quantitative estimate of drug-likeness (QED) is 0.736. The van der Waals surface area contributed by atoms with Gasteiger partial charge in [-0.25, -0.2) is 4.39 Å². The highest BCUT2D eigenvalue weighted by Crippen LogP contribution is 2.43. The molecule has 1 aliphatic carbocycles. The first-order chi connectivity index (χ1) is 10.4. The van der Waals surface area contributed by atoms with Gasteiger partial charge in [0.15, 0.2) is 0 Å². The summed E-state index contributed by atoms with van der Waals surface area (Å²) < 4.78 is 19.2. The predicted molar refractivity (Wildman–Crippen MR) is 86.8 cm³/mol. The van der Waals surface area contributed by atoms with Crippen LogP contribution in [0.2, 0.25) is 0 Å². The van der Waals surface area contributed by atoms with Gasteiger partial charge in [-0.15, -0.1) is 0 Å². The van der Waals surface area contributed by atoms with Gasteiger partial charge in [0.05, 0.1) is 7.11 Å². The van der Waals surface area contributed by atoms with Crippen molar-refractivity contribution >= 4 is 5.78 Å². The third-order valence-electron chi connectivity index (χ3n) is 4.91. The van der Waals surface area contributed by atoms with Gasteiger partial charge in [-0.2, -0.15) is 0 Å². The Morgan fingerprint density at radius 3 is 2.59 bits per heavy atom. The van der Waals surface area contributed by atoms with Gasteiger partial charge < -0.3 is 4.74 Å². The zero-order valence-electron chi connectivity index (χ0n) is 14.0. The summed E-state index contributed by atoms with van der Waals surface area (Å²) in [6, 6.07) is 4.63. The molecule has 3 heteroatoms. The van der Waals surface area contributed by atoms with Crippen LogP contribution in [0.3, 0.4) is 0 Å². The molecular formula is C19H27FO2. The van der Waals surface area contributed by atoms with Crippen LogP contribution in [-0.2, 0) is 10.2 Å². The Kier molecular flexibility index (Phi) is 5.60. The maximum Gasteiger partial charge on any atom is 0.130 e. The number of rotatable bonds is 6. The predicted octanol–water partition coefficient (Wildman–Crippen LogP) is 5.04. The van der Waals surface area contributed by atoms with Crippen molar-refractivity contribution in [2.24, 2.45) is 5.92 Å². The first-order valence-electron chi connectivity index (χ1n) is 8.28. The van der Waals surface area contributed by atoms with Crippen LogP contribution in [0.1, 0.15) is 64.4 Å². The minimum absolute atomic E-state index is 0.143. The lowest BCUT2D eigenvalue weighted by Crippen LogP contribution is -2.29. The topological polar surface area (TPSA) is 26.3 Å².